The molecule has 0 amide bonds. The minimum absolute atomic E-state index is 0.323. The fourth-order valence-electron chi connectivity index (χ4n) is 3.58. The van der Waals surface area contributed by atoms with Gasteiger partial charge in [-0.1, -0.05) is 13.0 Å². The predicted molar refractivity (Wildman–Crippen MR) is 112 cm³/mol. The number of rotatable bonds is 7. The van der Waals surface area contributed by atoms with E-state index in [2.05, 4.69) is 29.5 Å². The number of hydrogen-bond donors (Lipinski definition) is 0. The van der Waals surface area contributed by atoms with Crippen LogP contribution in [0.2, 0.25) is 0 Å². The lowest BCUT2D eigenvalue weighted by Gasteiger charge is -2.25. The standard InChI is InChI=1S/C23H28N2O3/c1-6-15-25-16(3)20(17-11-13-24-14-12-17)21-18(25)9-8-10-19(21)28-23(4,5)22(26)27-7-2/h8-14H,6-7,15H2,1-5H3. The minimum Gasteiger partial charge on any atom is -0.475 e. The summed E-state index contributed by atoms with van der Waals surface area (Å²) >= 11 is 0. The molecule has 0 atom stereocenters. The van der Waals surface area contributed by atoms with Gasteiger partial charge in [-0.15, -0.1) is 0 Å². The third-order valence-corrected chi connectivity index (χ3v) is 4.86. The van der Waals surface area contributed by atoms with Crippen molar-refractivity contribution in [3.05, 3.63) is 48.4 Å². The van der Waals surface area contributed by atoms with Gasteiger partial charge in [0.25, 0.3) is 0 Å². The van der Waals surface area contributed by atoms with E-state index in [0.29, 0.717) is 12.4 Å². The van der Waals surface area contributed by atoms with E-state index in [1.807, 2.05) is 24.3 Å². The highest BCUT2D eigenvalue weighted by Crippen LogP contribution is 2.41. The van der Waals surface area contributed by atoms with Crippen molar-refractivity contribution in [2.75, 3.05) is 6.61 Å². The van der Waals surface area contributed by atoms with E-state index in [1.165, 1.54) is 5.69 Å². The van der Waals surface area contributed by atoms with Crippen molar-refractivity contribution in [3.63, 3.8) is 0 Å². The molecule has 0 N–H and O–H groups in total. The number of carbonyl (C=O) groups excluding carboxylic acids is 1. The van der Waals surface area contributed by atoms with Gasteiger partial charge in [-0.3, -0.25) is 4.98 Å². The van der Waals surface area contributed by atoms with Gasteiger partial charge in [-0.25, -0.2) is 4.79 Å². The van der Waals surface area contributed by atoms with Crippen LogP contribution in [0.25, 0.3) is 22.0 Å². The number of fused-ring (bicyclic) bond motifs is 1. The van der Waals surface area contributed by atoms with Crippen molar-refractivity contribution in [2.24, 2.45) is 0 Å². The van der Waals surface area contributed by atoms with E-state index in [0.717, 1.165) is 35.0 Å². The molecule has 0 unspecified atom stereocenters. The smallest absolute Gasteiger partial charge is 0.349 e. The second-order valence-corrected chi connectivity index (χ2v) is 7.33. The lowest BCUT2D eigenvalue weighted by atomic mass is 10.0. The highest BCUT2D eigenvalue weighted by molar-refractivity contribution is 6.02. The number of hydrogen-bond acceptors (Lipinski definition) is 4. The lowest BCUT2D eigenvalue weighted by molar-refractivity contribution is -0.158. The lowest BCUT2D eigenvalue weighted by Crippen LogP contribution is -2.39. The van der Waals surface area contributed by atoms with Crippen LogP contribution in [-0.4, -0.2) is 27.7 Å². The number of aromatic nitrogens is 2. The van der Waals surface area contributed by atoms with Gasteiger partial charge in [-0.2, -0.15) is 0 Å². The van der Waals surface area contributed by atoms with Crippen molar-refractivity contribution in [2.45, 2.75) is 53.2 Å². The van der Waals surface area contributed by atoms with Crippen LogP contribution in [0.1, 0.15) is 39.8 Å². The van der Waals surface area contributed by atoms with Gasteiger partial charge in [-0.05, 0) is 63.9 Å². The molecule has 5 heteroatoms. The van der Waals surface area contributed by atoms with Crippen LogP contribution >= 0.6 is 0 Å². The summed E-state index contributed by atoms with van der Waals surface area (Å²) in [5, 5.41) is 1.01. The van der Waals surface area contributed by atoms with Gasteiger partial charge in [0.1, 0.15) is 5.75 Å². The molecular formula is C23H28N2O3. The number of nitrogens with zero attached hydrogens (tertiary/aromatic N) is 2. The third kappa shape index (κ3) is 3.61. The van der Waals surface area contributed by atoms with Gasteiger partial charge in [0.05, 0.1) is 12.1 Å². The molecule has 148 valence electrons. The fraction of sp³-hybridized carbons (Fsp3) is 0.391. The van der Waals surface area contributed by atoms with E-state index in [-0.39, 0.29) is 5.97 Å². The number of pyridine rings is 1. The van der Waals surface area contributed by atoms with Crippen LogP contribution < -0.4 is 4.74 Å². The molecule has 0 aliphatic rings. The largest absolute Gasteiger partial charge is 0.475 e. The van der Waals surface area contributed by atoms with Crippen LogP contribution in [0.5, 0.6) is 5.75 Å². The van der Waals surface area contributed by atoms with E-state index >= 15 is 0 Å². The molecule has 0 saturated heterocycles. The average molecular weight is 380 g/mol. The number of aryl methyl sites for hydroxylation is 1. The number of esters is 1. The molecule has 0 saturated carbocycles. The van der Waals surface area contributed by atoms with Gasteiger partial charge < -0.3 is 14.0 Å². The van der Waals surface area contributed by atoms with Crippen LogP contribution in [0.3, 0.4) is 0 Å². The Kier molecular flexibility index (Phi) is 5.73. The molecule has 0 aliphatic carbocycles. The van der Waals surface area contributed by atoms with Gasteiger partial charge in [0.15, 0.2) is 5.60 Å². The molecule has 0 radical (unpaired) electrons. The second kappa shape index (κ2) is 8.05. The Bertz CT molecular complexity index is 974. The summed E-state index contributed by atoms with van der Waals surface area (Å²) in [5.41, 5.74) is 3.38. The first kappa shape index (κ1) is 19.9. The first-order chi connectivity index (χ1) is 13.4. The normalized spacial score (nSPS) is 11.6. The van der Waals surface area contributed by atoms with E-state index in [1.54, 1.807) is 33.2 Å². The van der Waals surface area contributed by atoms with Crippen LogP contribution in [-0.2, 0) is 16.1 Å². The molecule has 5 nitrogen and oxygen atoms in total. The Balaban J connectivity index is 2.22. The first-order valence-corrected chi connectivity index (χ1v) is 9.79. The predicted octanol–water partition coefficient (Wildman–Crippen LogP) is 5.14. The maximum atomic E-state index is 12.4. The quantitative estimate of drug-likeness (QED) is 0.533. The molecule has 2 aromatic heterocycles. The molecule has 0 spiro atoms. The Hall–Kier alpha value is -2.82. The summed E-state index contributed by atoms with van der Waals surface area (Å²) < 4.78 is 13.7. The summed E-state index contributed by atoms with van der Waals surface area (Å²) in [6.07, 6.45) is 4.62. The topological polar surface area (TPSA) is 53.4 Å². The fourth-order valence-corrected chi connectivity index (χ4v) is 3.58. The Morgan fingerprint density at radius 1 is 1.14 bits per heavy atom. The maximum Gasteiger partial charge on any atom is 0.349 e. The summed E-state index contributed by atoms with van der Waals surface area (Å²) in [7, 11) is 0. The third-order valence-electron chi connectivity index (χ3n) is 4.86. The molecule has 0 fully saturated rings. The molecular weight excluding hydrogens is 352 g/mol. The van der Waals surface area contributed by atoms with Crippen LogP contribution in [0.4, 0.5) is 0 Å². The molecule has 0 aliphatic heterocycles. The van der Waals surface area contributed by atoms with Crippen molar-refractivity contribution in [1.29, 1.82) is 0 Å². The van der Waals surface area contributed by atoms with Gasteiger partial charge >= 0.3 is 5.97 Å². The summed E-state index contributed by atoms with van der Waals surface area (Å²) in [6, 6.07) is 10.0. The highest BCUT2D eigenvalue weighted by Gasteiger charge is 2.33. The van der Waals surface area contributed by atoms with E-state index < -0.39 is 5.60 Å². The first-order valence-electron chi connectivity index (χ1n) is 9.79. The number of ether oxygens (including phenoxy) is 2. The number of benzene rings is 1. The van der Waals surface area contributed by atoms with Crippen molar-refractivity contribution >= 4 is 16.9 Å². The molecule has 3 rings (SSSR count). The maximum absolute atomic E-state index is 12.4. The van der Waals surface area contributed by atoms with Crippen LogP contribution in [0.15, 0.2) is 42.7 Å². The average Bonchev–Trinajstić information content (AvgIpc) is 2.96. The van der Waals surface area contributed by atoms with Crippen molar-refractivity contribution in [1.82, 2.24) is 9.55 Å². The van der Waals surface area contributed by atoms with Crippen molar-refractivity contribution < 1.29 is 14.3 Å². The monoisotopic (exact) mass is 380 g/mol. The SMILES string of the molecule is CCCn1c(C)c(-c2ccncc2)c2c(OC(C)(C)C(=O)OCC)cccc21. The van der Waals surface area contributed by atoms with E-state index in [4.69, 9.17) is 9.47 Å². The van der Waals surface area contributed by atoms with Gasteiger partial charge in [0.2, 0.25) is 0 Å². The zero-order valence-electron chi connectivity index (χ0n) is 17.3. The molecule has 2 heterocycles. The molecule has 28 heavy (non-hydrogen) atoms. The van der Waals surface area contributed by atoms with E-state index in [9.17, 15) is 4.79 Å². The zero-order chi connectivity index (χ0) is 20.3. The van der Waals surface area contributed by atoms with Gasteiger partial charge in [0, 0.05) is 35.6 Å². The molecule has 0 bridgehead atoms. The Morgan fingerprint density at radius 3 is 2.50 bits per heavy atom. The molecule has 1 aromatic carbocycles. The zero-order valence-corrected chi connectivity index (χ0v) is 17.3. The Morgan fingerprint density at radius 2 is 1.86 bits per heavy atom. The summed E-state index contributed by atoms with van der Waals surface area (Å²) in [5.74, 6) is 0.308. The summed E-state index contributed by atoms with van der Waals surface area (Å²) in [6.45, 7) is 10.8. The number of carbonyl (C=O) groups is 1. The highest BCUT2D eigenvalue weighted by atomic mass is 16.6. The molecule has 3 aromatic rings. The minimum atomic E-state index is -1.08. The second-order valence-electron chi connectivity index (χ2n) is 7.33. The Labute approximate surface area is 166 Å². The van der Waals surface area contributed by atoms with Crippen molar-refractivity contribution in [3.8, 4) is 16.9 Å². The summed E-state index contributed by atoms with van der Waals surface area (Å²) in [4.78, 5) is 16.5. The van der Waals surface area contributed by atoms with Crippen LogP contribution in [0, 0.1) is 6.92 Å².